The SMILES string of the molecule is Cc1ccccc1CCc1nnc(CN)n1CC(C)C. The van der Waals surface area contributed by atoms with Crippen LogP contribution in [0.25, 0.3) is 0 Å². The molecule has 1 aromatic heterocycles. The average Bonchev–Trinajstić information content (AvgIpc) is 2.79. The van der Waals surface area contributed by atoms with Crippen LogP contribution in [0, 0.1) is 12.8 Å². The van der Waals surface area contributed by atoms with Gasteiger partial charge in [0, 0.05) is 13.0 Å². The molecule has 0 bridgehead atoms. The molecule has 0 saturated heterocycles. The van der Waals surface area contributed by atoms with Crippen molar-refractivity contribution in [3.8, 4) is 0 Å². The number of hydrogen-bond acceptors (Lipinski definition) is 3. The monoisotopic (exact) mass is 272 g/mol. The Morgan fingerprint density at radius 1 is 1.10 bits per heavy atom. The molecule has 0 aliphatic heterocycles. The fraction of sp³-hybridized carbons (Fsp3) is 0.500. The smallest absolute Gasteiger partial charge is 0.146 e. The summed E-state index contributed by atoms with van der Waals surface area (Å²) in [5.74, 6) is 2.49. The summed E-state index contributed by atoms with van der Waals surface area (Å²) < 4.78 is 2.18. The molecule has 0 unspecified atom stereocenters. The van der Waals surface area contributed by atoms with Crippen molar-refractivity contribution in [1.29, 1.82) is 0 Å². The van der Waals surface area contributed by atoms with Gasteiger partial charge in [0.15, 0.2) is 0 Å². The van der Waals surface area contributed by atoms with Crippen LogP contribution >= 0.6 is 0 Å². The van der Waals surface area contributed by atoms with E-state index in [0.29, 0.717) is 12.5 Å². The van der Waals surface area contributed by atoms with Gasteiger partial charge in [-0.1, -0.05) is 38.1 Å². The van der Waals surface area contributed by atoms with Crippen LogP contribution < -0.4 is 5.73 Å². The first-order chi connectivity index (χ1) is 9.61. The van der Waals surface area contributed by atoms with Gasteiger partial charge < -0.3 is 10.3 Å². The second kappa shape index (κ2) is 6.66. The fourth-order valence-corrected chi connectivity index (χ4v) is 2.42. The molecule has 2 aromatic rings. The first-order valence-corrected chi connectivity index (χ1v) is 7.27. The lowest BCUT2D eigenvalue weighted by Gasteiger charge is -2.12. The highest BCUT2D eigenvalue weighted by Gasteiger charge is 2.12. The molecule has 0 fully saturated rings. The first kappa shape index (κ1) is 14.7. The Bertz CT molecular complexity index is 557. The van der Waals surface area contributed by atoms with Gasteiger partial charge in [-0.3, -0.25) is 0 Å². The number of nitrogens with two attached hydrogens (primary N) is 1. The maximum atomic E-state index is 5.75. The van der Waals surface area contributed by atoms with Gasteiger partial charge in [-0.05, 0) is 30.4 Å². The Morgan fingerprint density at radius 3 is 2.45 bits per heavy atom. The van der Waals surface area contributed by atoms with Gasteiger partial charge in [-0.15, -0.1) is 10.2 Å². The largest absolute Gasteiger partial charge is 0.324 e. The van der Waals surface area contributed by atoms with Crippen LogP contribution in [0.1, 0.15) is 36.6 Å². The summed E-state index contributed by atoms with van der Waals surface area (Å²) in [5.41, 5.74) is 8.46. The van der Waals surface area contributed by atoms with Crippen molar-refractivity contribution >= 4 is 0 Å². The Kier molecular flexibility index (Phi) is 4.90. The molecule has 0 atom stereocenters. The first-order valence-electron chi connectivity index (χ1n) is 7.27. The van der Waals surface area contributed by atoms with Crippen molar-refractivity contribution in [2.45, 2.75) is 46.7 Å². The molecule has 0 saturated carbocycles. The highest BCUT2D eigenvalue weighted by atomic mass is 15.3. The van der Waals surface area contributed by atoms with E-state index in [1.165, 1.54) is 11.1 Å². The number of aromatic nitrogens is 3. The van der Waals surface area contributed by atoms with Crippen molar-refractivity contribution < 1.29 is 0 Å². The van der Waals surface area contributed by atoms with Gasteiger partial charge in [0.2, 0.25) is 0 Å². The number of nitrogens with zero attached hydrogens (tertiary/aromatic N) is 3. The lowest BCUT2D eigenvalue weighted by atomic mass is 10.0. The molecule has 4 nitrogen and oxygen atoms in total. The van der Waals surface area contributed by atoms with Crippen LogP contribution in [0.5, 0.6) is 0 Å². The molecule has 4 heteroatoms. The summed E-state index contributed by atoms with van der Waals surface area (Å²) >= 11 is 0. The molecule has 0 aliphatic rings. The number of aryl methyl sites for hydroxylation is 3. The third-order valence-corrected chi connectivity index (χ3v) is 3.51. The minimum Gasteiger partial charge on any atom is -0.324 e. The van der Waals surface area contributed by atoms with Crippen molar-refractivity contribution in [1.82, 2.24) is 14.8 Å². The van der Waals surface area contributed by atoms with E-state index >= 15 is 0 Å². The second-order valence-electron chi connectivity index (χ2n) is 5.67. The van der Waals surface area contributed by atoms with Gasteiger partial charge in [-0.25, -0.2) is 0 Å². The zero-order valence-electron chi connectivity index (χ0n) is 12.6. The van der Waals surface area contributed by atoms with Gasteiger partial charge in [0.25, 0.3) is 0 Å². The van der Waals surface area contributed by atoms with E-state index in [1.54, 1.807) is 0 Å². The lowest BCUT2D eigenvalue weighted by Crippen LogP contribution is -2.15. The van der Waals surface area contributed by atoms with Gasteiger partial charge in [0.05, 0.1) is 6.54 Å². The van der Waals surface area contributed by atoms with E-state index < -0.39 is 0 Å². The van der Waals surface area contributed by atoms with Gasteiger partial charge >= 0.3 is 0 Å². The molecule has 0 aliphatic carbocycles. The van der Waals surface area contributed by atoms with Gasteiger partial charge in [-0.2, -0.15) is 0 Å². The molecule has 2 rings (SSSR count). The Hall–Kier alpha value is -1.68. The van der Waals surface area contributed by atoms with Crippen LogP contribution in [0.3, 0.4) is 0 Å². The van der Waals surface area contributed by atoms with Crippen molar-refractivity contribution in [2.75, 3.05) is 0 Å². The number of rotatable bonds is 6. The van der Waals surface area contributed by atoms with E-state index in [4.69, 9.17) is 5.73 Å². The van der Waals surface area contributed by atoms with Crippen LogP contribution in [0.4, 0.5) is 0 Å². The molecule has 0 radical (unpaired) electrons. The third kappa shape index (κ3) is 3.45. The summed E-state index contributed by atoms with van der Waals surface area (Å²) in [6.07, 6.45) is 1.90. The fourth-order valence-electron chi connectivity index (χ4n) is 2.42. The number of hydrogen-bond donors (Lipinski definition) is 1. The van der Waals surface area contributed by atoms with E-state index in [1.807, 2.05) is 0 Å². The Labute approximate surface area is 121 Å². The summed E-state index contributed by atoms with van der Waals surface area (Å²) in [6, 6.07) is 8.50. The minimum absolute atomic E-state index is 0.448. The molecule has 108 valence electrons. The molecule has 1 aromatic carbocycles. The summed E-state index contributed by atoms with van der Waals surface area (Å²) in [6.45, 7) is 7.93. The van der Waals surface area contributed by atoms with E-state index in [9.17, 15) is 0 Å². The number of benzene rings is 1. The zero-order chi connectivity index (χ0) is 14.5. The van der Waals surface area contributed by atoms with Crippen LogP contribution in [-0.2, 0) is 25.9 Å². The van der Waals surface area contributed by atoms with Crippen LogP contribution in [-0.4, -0.2) is 14.8 Å². The molecule has 20 heavy (non-hydrogen) atoms. The zero-order valence-corrected chi connectivity index (χ0v) is 12.6. The van der Waals surface area contributed by atoms with Crippen molar-refractivity contribution in [3.05, 3.63) is 47.0 Å². The molecule has 2 N–H and O–H groups in total. The van der Waals surface area contributed by atoms with E-state index in [-0.39, 0.29) is 0 Å². The highest BCUT2D eigenvalue weighted by molar-refractivity contribution is 5.26. The summed E-state index contributed by atoms with van der Waals surface area (Å²) in [5, 5.41) is 8.53. The summed E-state index contributed by atoms with van der Waals surface area (Å²) in [4.78, 5) is 0. The van der Waals surface area contributed by atoms with Crippen LogP contribution in [0.2, 0.25) is 0 Å². The predicted molar refractivity (Wildman–Crippen MR) is 81.3 cm³/mol. The Morgan fingerprint density at radius 2 is 1.80 bits per heavy atom. The molecule has 0 spiro atoms. The van der Waals surface area contributed by atoms with Gasteiger partial charge in [0.1, 0.15) is 11.6 Å². The predicted octanol–water partition coefficient (Wildman–Crippen LogP) is 2.49. The summed E-state index contributed by atoms with van der Waals surface area (Å²) in [7, 11) is 0. The van der Waals surface area contributed by atoms with Crippen LogP contribution in [0.15, 0.2) is 24.3 Å². The molecular weight excluding hydrogens is 248 g/mol. The molecule has 0 amide bonds. The minimum atomic E-state index is 0.448. The second-order valence-corrected chi connectivity index (χ2v) is 5.67. The van der Waals surface area contributed by atoms with Crippen molar-refractivity contribution in [2.24, 2.45) is 11.7 Å². The molecular formula is C16H24N4. The maximum Gasteiger partial charge on any atom is 0.146 e. The van der Waals surface area contributed by atoms with E-state index in [0.717, 1.165) is 31.0 Å². The standard InChI is InChI=1S/C16H24N4/c1-12(2)11-20-15(18-19-16(20)10-17)9-8-14-7-5-4-6-13(14)3/h4-7,12H,8-11,17H2,1-3H3. The highest BCUT2D eigenvalue weighted by Crippen LogP contribution is 2.13. The average molecular weight is 272 g/mol. The maximum absolute atomic E-state index is 5.75. The third-order valence-electron chi connectivity index (χ3n) is 3.51. The van der Waals surface area contributed by atoms with Crippen molar-refractivity contribution in [3.63, 3.8) is 0 Å². The quantitative estimate of drug-likeness (QED) is 0.879. The van der Waals surface area contributed by atoms with E-state index in [2.05, 4.69) is 59.8 Å². The lowest BCUT2D eigenvalue weighted by molar-refractivity contribution is 0.491. The topological polar surface area (TPSA) is 56.7 Å². The molecule has 1 heterocycles. The Balaban J connectivity index is 2.13. The normalized spacial score (nSPS) is 11.2.